The number of carbonyl (C=O) groups excluding carboxylic acids is 1. The fraction of sp³-hybridized carbons (Fsp3) is 0.0909. The number of allylic oxidation sites excluding steroid dienone is 1. The third kappa shape index (κ3) is 4.77. The molecule has 0 aliphatic heterocycles. The smallest absolute Gasteiger partial charge is 0.294 e. The highest BCUT2D eigenvalue weighted by atomic mass is 16.6. The van der Waals surface area contributed by atoms with E-state index < -0.39 is 5.91 Å². The molecule has 2 aromatic carbocycles. The van der Waals surface area contributed by atoms with Crippen molar-refractivity contribution in [2.75, 3.05) is 12.8 Å². The van der Waals surface area contributed by atoms with Gasteiger partial charge >= 0.3 is 0 Å². The van der Waals surface area contributed by atoms with Gasteiger partial charge < -0.3 is 10.5 Å². The van der Waals surface area contributed by atoms with Crippen LogP contribution in [-0.2, 0) is 0 Å². The molecular weight excluding hydrogens is 424 g/mol. The van der Waals surface area contributed by atoms with E-state index in [-0.39, 0.29) is 17.3 Å². The van der Waals surface area contributed by atoms with E-state index in [0.29, 0.717) is 17.0 Å². The summed E-state index contributed by atoms with van der Waals surface area (Å²) in [6.45, 7) is 1.88. The number of hydrazone groups is 1. The molecule has 33 heavy (non-hydrogen) atoms. The second-order valence-corrected chi connectivity index (χ2v) is 6.90. The molecule has 2 heterocycles. The number of carbonyl (C=O) groups is 1. The Morgan fingerprint density at radius 2 is 2.00 bits per heavy atom. The van der Waals surface area contributed by atoms with E-state index in [2.05, 4.69) is 35.8 Å². The van der Waals surface area contributed by atoms with Crippen LogP contribution in [-0.4, -0.2) is 44.5 Å². The number of hydrogen-bond acceptors (Lipinski definition) is 9. The van der Waals surface area contributed by atoms with Crippen LogP contribution in [0.5, 0.6) is 5.75 Å². The van der Waals surface area contributed by atoms with Gasteiger partial charge in [-0.2, -0.15) is 9.78 Å². The molecule has 2 aromatic heterocycles. The standard InChI is InChI=1S/C22H20N8O3/c1-14(11-15-7-4-3-5-8-15)13-24-26-22(31)18-19(16-9-6-10-17(12-16)32-2)30(29-25-18)21-20(23)27-33-28-21/h3-13H,1-2H3,(H2,23,27)(H,26,31)/b14-11+,24-13+. The number of nitrogens with zero attached hydrogens (tertiary/aromatic N) is 6. The SMILES string of the molecule is COc1cccc(-c2c(C(=O)N/N=C/C(C)=C/c3ccccc3)nnn2-c2nonc2N)c1. The maximum absolute atomic E-state index is 12.9. The van der Waals surface area contributed by atoms with Crippen molar-refractivity contribution in [1.29, 1.82) is 0 Å². The average Bonchev–Trinajstić information content (AvgIpc) is 3.45. The monoisotopic (exact) mass is 444 g/mol. The van der Waals surface area contributed by atoms with Gasteiger partial charge in [-0.25, -0.2) is 10.1 Å². The molecule has 0 atom stereocenters. The van der Waals surface area contributed by atoms with Crippen LogP contribution in [0.1, 0.15) is 23.0 Å². The lowest BCUT2D eigenvalue weighted by molar-refractivity contribution is 0.0950. The maximum Gasteiger partial charge on any atom is 0.294 e. The summed E-state index contributed by atoms with van der Waals surface area (Å²) in [6, 6.07) is 16.8. The summed E-state index contributed by atoms with van der Waals surface area (Å²) >= 11 is 0. The van der Waals surface area contributed by atoms with Crippen LogP contribution in [0.3, 0.4) is 0 Å². The van der Waals surface area contributed by atoms with Gasteiger partial charge in [0.15, 0.2) is 5.69 Å². The number of nitrogen functional groups attached to an aromatic ring is 1. The van der Waals surface area contributed by atoms with Crippen molar-refractivity contribution in [1.82, 2.24) is 30.7 Å². The van der Waals surface area contributed by atoms with Gasteiger partial charge in [-0.3, -0.25) is 4.79 Å². The summed E-state index contributed by atoms with van der Waals surface area (Å²) in [6.07, 6.45) is 3.48. The molecule has 0 radical (unpaired) electrons. The van der Waals surface area contributed by atoms with E-state index in [1.54, 1.807) is 37.6 Å². The number of hydrogen-bond donors (Lipinski definition) is 2. The molecule has 1 amide bonds. The number of aromatic nitrogens is 5. The number of amides is 1. The fourth-order valence-corrected chi connectivity index (χ4v) is 3.05. The third-order valence-corrected chi connectivity index (χ3v) is 4.55. The van der Waals surface area contributed by atoms with Crippen molar-refractivity contribution < 1.29 is 14.2 Å². The lowest BCUT2D eigenvalue weighted by atomic mass is 10.1. The molecule has 11 heteroatoms. The Kier molecular flexibility index (Phi) is 6.21. The van der Waals surface area contributed by atoms with Crippen LogP contribution in [0.2, 0.25) is 0 Å². The number of nitrogens with two attached hydrogens (primary N) is 1. The lowest BCUT2D eigenvalue weighted by Gasteiger charge is -2.07. The lowest BCUT2D eigenvalue weighted by Crippen LogP contribution is -2.19. The van der Waals surface area contributed by atoms with Crippen molar-refractivity contribution in [3.8, 4) is 22.8 Å². The van der Waals surface area contributed by atoms with Crippen molar-refractivity contribution in [2.45, 2.75) is 6.92 Å². The number of anilines is 1. The quantitative estimate of drug-likeness (QED) is 0.327. The Morgan fingerprint density at radius 1 is 1.18 bits per heavy atom. The topological polar surface area (TPSA) is 146 Å². The zero-order valence-corrected chi connectivity index (χ0v) is 17.8. The zero-order chi connectivity index (χ0) is 23.2. The van der Waals surface area contributed by atoms with Gasteiger partial charge in [-0.15, -0.1) is 5.10 Å². The average molecular weight is 444 g/mol. The van der Waals surface area contributed by atoms with Crippen molar-refractivity contribution in [2.24, 2.45) is 5.10 Å². The highest BCUT2D eigenvalue weighted by Crippen LogP contribution is 2.28. The number of rotatable bonds is 7. The summed E-state index contributed by atoms with van der Waals surface area (Å²) < 4.78 is 11.3. The second kappa shape index (κ2) is 9.56. The molecule has 0 aliphatic carbocycles. The predicted molar refractivity (Wildman–Crippen MR) is 122 cm³/mol. The number of benzene rings is 2. The van der Waals surface area contributed by atoms with E-state index in [9.17, 15) is 4.79 Å². The van der Waals surface area contributed by atoms with E-state index in [1.165, 1.54) is 4.68 Å². The minimum atomic E-state index is -0.571. The Bertz CT molecular complexity index is 1320. The van der Waals surface area contributed by atoms with Gasteiger partial charge in [0, 0.05) is 5.56 Å². The fourth-order valence-electron chi connectivity index (χ4n) is 3.05. The first-order valence-corrected chi connectivity index (χ1v) is 9.82. The second-order valence-electron chi connectivity index (χ2n) is 6.90. The maximum atomic E-state index is 12.9. The molecule has 0 spiro atoms. The summed E-state index contributed by atoms with van der Waals surface area (Å²) in [5, 5.41) is 19.4. The van der Waals surface area contributed by atoms with Gasteiger partial charge in [-0.05, 0) is 40.5 Å². The molecule has 3 N–H and O–H groups in total. The molecule has 0 aliphatic rings. The Morgan fingerprint density at radius 3 is 2.73 bits per heavy atom. The highest BCUT2D eigenvalue weighted by molar-refractivity contribution is 5.99. The van der Waals surface area contributed by atoms with Gasteiger partial charge in [-0.1, -0.05) is 53.8 Å². The minimum absolute atomic E-state index is 0.00398. The number of methoxy groups -OCH3 is 1. The Labute approximate surface area is 188 Å². The first-order chi connectivity index (χ1) is 16.1. The molecule has 11 nitrogen and oxygen atoms in total. The van der Waals surface area contributed by atoms with Crippen LogP contribution in [0, 0.1) is 0 Å². The molecule has 0 saturated heterocycles. The molecule has 0 saturated carbocycles. The summed E-state index contributed by atoms with van der Waals surface area (Å²) in [5.41, 5.74) is 11.1. The van der Waals surface area contributed by atoms with Gasteiger partial charge in [0.1, 0.15) is 11.4 Å². The van der Waals surface area contributed by atoms with Crippen molar-refractivity contribution >= 4 is 24.0 Å². The number of ether oxygens (including phenoxy) is 1. The third-order valence-electron chi connectivity index (χ3n) is 4.55. The largest absolute Gasteiger partial charge is 0.497 e. The van der Waals surface area contributed by atoms with E-state index in [1.807, 2.05) is 43.3 Å². The minimum Gasteiger partial charge on any atom is -0.497 e. The molecule has 166 valence electrons. The van der Waals surface area contributed by atoms with Crippen LogP contribution < -0.4 is 15.9 Å². The van der Waals surface area contributed by atoms with Crippen LogP contribution in [0.15, 0.2) is 69.9 Å². The first kappa shape index (κ1) is 21.4. The predicted octanol–water partition coefficient (Wildman–Crippen LogP) is 2.73. The van der Waals surface area contributed by atoms with Crippen LogP contribution in [0.4, 0.5) is 5.82 Å². The van der Waals surface area contributed by atoms with Gasteiger partial charge in [0.05, 0.1) is 13.3 Å². The van der Waals surface area contributed by atoms with Crippen molar-refractivity contribution in [3.63, 3.8) is 0 Å². The van der Waals surface area contributed by atoms with Crippen LogP contribution in [0.25, 0.3) is 23.2 Å². The first-order valence-electron chi connectivity index (χ1n) is 9.82. The molecule has 0 fully saturated rings. The number of nitrogens with one attached hydrogen (secondary N) is 1. The molecule has 4 aromatic rings. The Hall–Kier alpha value is -4.80. The van der Waals surface area contributed by atoms with E-state index in [0.717, 1.165) is 11.1 Å². The summed E-state index contributed by atoms with van der Waals surface area (Å²) in [5.74, 6) is 0.107. The van der Waals surface area contributed by atoms with Gasteiger partial charge in [0.25, 0.3) is 5.91 Å². The molecule has 4 rings (SSSR count). The van der Waals surface area contributed by atoms with Gasteiger partial charge in [0.2, 0.25) is 11.6 Å². The normalized spacial score (nSPS) is 11.6. The molecular formula is C22H20N8O3. The molecule has 0 bridgehead atoms. The van der Waals surface area contributed by atoms with Crippen molar-refractivity contribution in [3.05, 3.63) is 71.4 Å². The zero-order valence-electron chi connectivity index (χ0n) is 17.8. The summed E-state index contributed by atoms with van der Waals surface area (Å²) in [7, 11) is 1.54. The Balaban J connectivity index is 1.64. The van der Waals surface area contributed by atoms with E-state index in [4.69, 9.17) is 10.5 Å². The van der Waals surface area contributed by atoms with Crippen LogP contribution >= 0.6 is 0 Å². The summed E-state index contributed by atoms with van der Waals surface area (Å²) in [4.78, 5) is 12.9. The highest BCUT2D eigenvalue weighted by Gasteiger charge is 2.25. The molecule has 0 unspecified atom stereocenters. The van der Waals surface area contributed by atoms with E-state index >= 15 is 0 Å².